The second-order valence-corrected chi connectivity index (χ2v) is 4.47. The molecule has 0 aromatic carbocycles. The molecule has 0 radical (unpaired) electrons. The molecule has 0 aliphatic rings. The fourth-order valence-electron chi connectivity index (χ4n) is 1.15. The lowest BCUT2D eigenvalue weighted by Crippen LogP contribution is -2.26. The van der Waals surface area contributed by atoms with Gasteiger partial charge in [0.25, 0.3) is 5.91 Å². The maximum Gasteiger partial charge on any atom is 0.269 e. The molecule has 16 heavy (non-hydrogen) atoms. The smallest absolute Gasteiger partial charge is 0.269 e. The second-order valence-electron chi connectivity index (χ2n) is 3.41. The number of hydrogen-bond acceptors (Lipinski definition) is 2. The first-order valence-electron chi connectivity index (χ1n) is 5.17. The molecule has 0 saturated carbocycles. The van der Waals surface area contributed by atoms with Crippen molar-refractivity contribution >= 4 is 29.1 Å². The van der Waals surface area contributed by atoms with E-state index in [-0.39, 0.29) is 11.3 Å². The largest absolute Gasteiger partial charge is 0.351 e. The Morgan fingerprint density at radius 1 is 1.56 bits per heavy atom. The third-order valence-electron chi connectivity index (χ3n) is 2.15. The lowest BCUT2D eigenvalue weighted by atomic mass is 10.2. The number of carbonyl (C=O) groups excluding carboxylic acids is 1. The molecule has 1 heterocycles. The SMILES string of the molecule is CCC(Cl)CCNC(=O)c1ccc(Cl)cn1. The van der Waals surface area contributed by atoms with Crippen molar-refractivity contribution in [2.75, 3.05) is 6.54 Å². The molecule has 1 N–H and O–H groups in total. The molecule has 1 atom stereocenters. The average Bonchev–Trinajstić information content (AvgIpc) is 2.29. The summed E-state index contributed by atoms with van der Waals surface area (Å²) in [5.74, 6) is -0.198. The predicted molar refractivity (Wildman–Crippen MR) is 66.1 cm³/mol. The molecule has 88 valence electrons. The Bertz CT molecular complexity index is 340. The number of nitrogens with zero attached hydrogens (tertiary/aromatic N) is 1. The molecule has 1 amide bonds. The monoisotopic (exact) mass is 260 g/mol. The Hall–Kier alpha value is -0.800. The molecule has 1 aromatic heterocycles. The standard InChI is InChI=1S/C11H14Cl2N2O/c1-2-8(12)5-6-14-11(16)10-4-3-9(13)7-15-10/h3-4,7-8H,2,5-6H2,1H3,(H,14,16). The third kappa shape index (κ3) is 4.37. The van der Waals surface area contributed by atoms with Crippen LogP contribution in [0.3, 0.4) is 0 Å². The van der Waals surface area contributed by atoms with Gasteiger partial charge in [-0.15, -0.1) is 11.6 Å². The number of alkyl halides is 1. The molecular formula is C11H14Cl2N2O. The maximum absolute atomic E-state index is 11.6. The van der Waals surface area contributed by atoms with E-state index in [1.54, 1.807) is 12.1 Å². The minimum absolute atomic E-state index is 0.110. The topological polar surface area (TPSA) is 42.0 Å². The van der Waals surface area contributed by atoms with Crippen molar-refractivity contribution < 1.29 is 4.79 Å². The van der Waals surface area contributed by atoms with Gasteiger partial charge in [-0.25, -0.2) is 4.98 Å². The first-order valence-corrected chi connectivity index (χ1v) is 5.98. The van der Waals surface area contributed by atoms with E-state index < -0.39 is 0 Å². The molecule has 5 heteroatoms. The van der Waals surface area contributed by atoms with Crippen LogP contribution in [0, 0.1) is 0 Å². The van der Waals surface area contributed by atoms with Crippen LogP contribution in [0.1, 0.15) is 30.3 Å². The van der Waals surface area contributed by atoms with Gasteiger partial charge in [-0.3, -0.25) is 4.79 Å². The molecule has 1 rings (SSSR count). The van der Waals surface area contributed by atoms with Crippen LogP contribution in [0.15, 0.2) is 18.3 Å². The molecule has 0 bridgehead atoms. The summed E-state index contributed by atoms with van der Waals surface area (Å²) in [5, 5.41) is 3.38. The Labute approximate surface area is 105 Å². The number of rotatable bonds is 5. The summed E-state index contributed by atoms with van der Waals surface area (Å²) in [5.41, 5.74) is 0.368. The fraction of sp³-hybridized carbons (Fsp3) is 0.455. The quantitative estimate of drug-likeness (QED) is 0.828. The van der Waals surface area contributed by atoms with E-state index in [1.165, 1.54) is 6.20 Å². The minimum atomic E-state index is -0.198. The van der Waals surface area contributed by atoms with Crippen LogP contribution in [-0.2, 0) is 0 Å². The van der Waals surface area contributed by atoms with Crippen molar-refractivity contribution in [3.63, 3.8) is 0 Å². The van der Waals surface area contributed by atoms with Gasteiger partial charge in [-0.2, -0.15) is 0 Å². The zero-order valence-electron chi connectivity index (χ0n) is 9.04. The van der Waals surface area contributed by atoms with Crippen LogP contribution in [0.4, 0.5) is 0 Å². The van der Waals surface area contributed by atoms with E-state index in [0.717, 1.165) is 12.8 Å². The number of halogens is 2. The van der Waals surface area contributed by atoms with Crippen molar-refractivity contribution in [2.24, 2.45) is 0 Å². The number of amides is 1. The van der Waals surface area contributed by atoms with E-state index in [1.807, 2.05) is 6.92 Å². The number of carbonyl (C=O) groups is 1. The minimum Gasteiger partial charge on any atom is -0.351 e. The maximum atomic E-state index is 11.6. The van der Waals surface area contributed by atoms with Crippen molar-refractivity contribution in [2.45, 2.75) is 25.1 Å². The molecule has 0 spiro atoms. The van der Waals surface area contributed by atoms with E-state index in [9.17, 15) is 4.79 Å². The van der Waals surface area contributed by atoms with Crippen LogP contribution < -0.4 is 5.32 Å². The lowest BCUT2D eigenvalue weighted by Gasteiger charge is -2.07. The highest BCUT2D eigenvalue weighted by Crippen LogP contribution is 2.07. The summed E-state index contributed by atoms with van der Waals surface area (Å²) in [6, 6.07) is 3.23. The molecule has 3 nitrogen and oxygen atoms in total. The summed E-state index contributed by atoms with van der Waals surface area (Å²) in [7, 11) is 0. The molecule has 1 unspecified atom stereocenters. The summed E-state index contributed by atoms with van der Waals surface area (Å²) >= 11 is 11.6. The first-order chi connectivity index (χ1) is 7.63. The Morgan fingerprint density at radius 2 is 2.31 bits per heavy atom. The first kappa shape index (κ1) is 13.3. The van der Waals surface area contributed by atoms with Crippen LogP contribution in [0.5, 0.6) is 0 Å². The Kier molecular flexibility index (Phi) is 5.56. The van der Waals surface area contributed by atoms with Crippen molar-refractivity contribution in [1.29, 1.82) is 0 Å². The van der Waals surface area contributed by atoms with Gasteiger partial charge in [-0.05, 0) is 25.0 Å². The van der Waals surface area contributed by atoms with E-state index in [0.29, 0.717) is 17.3 Å². The summed E-state index contributed by atoms with van der Waals surface area (Å²) in [6.45, 7) is 2.57. The second kappa shape index (κ2) is 6.71. The average molecular weight is 261 g/mol. The van der Waals surface area contributed by atoms with Gasteiger partial charge < -0.3 is 5.32 Å². The number of nitrogens with one attached hydrogen (secondary N) is 1. The van der Waals surface area contributed by atoms with E-state index in [2.05, 4.69) is 10.3 Å². The molecule has 0 aliphatic carbocycles. The number of aromatic nitrogens is 1. The van der Waals surface area contributed by atoms with Crippen molar-refractivity contribution in [1.82, 2.24) is 10.3 Å². The molecule has 0 fully saturated rings. The number of pyridine rings is 1. The molecular weight excluding hydrogens is 247 g/mol. The lowest BCUT2D eigenvalue weighted by molar-refractivity contribution is 0.0948. The molecule has 0 aliphatic heterocycles. The van der Waals surface area contributed by atoms with Gasteiger partial charge in [0.05, 0.1) is 5.02 Å². The van der Waals surface area contributed by atoms with E-state index in [4.69, 9.17) is 23.2 Å². The fourth-order valence-corrected chi connectivity index (χ4v) is 1.37. The van der Waals surface area contributed by atoms with Crippen molar-refractivity contribution in [3.8, 4) is 0 Å². The van der Waals surface area contributed by atoms with Gasteiger partial charge in [-0.1, -0.05) is 18.5 Å². The zero-order chi connectivity index (χ0) is 12.0. The van der Waals surface area contributed by atoms with Crippen LogP contribution in [0.2, 0.25) is 5.02 Å². The zero-order valence-corrected chi connectivity index (χ0v) is 10.6. The molecule has 1 aromatic rings. The Morgan fingerprint density at radius 3 is 2.88 bits per heavy atom. The van der Waals surface area contributed by atoms with E-state index >= 15 is 0 Å². The van der Waals surface area contributed by atoms with Crippen molar-refractivity contribution in [3.05, 3.63) is 29.0 Å². The summed E-state index contributed by atoms with van der Waals surface area (Å²) in [6.07, 6.45) is 3.11. The Balaban J connectivity index is 2.38. The molecule has 0 saturated heterocycles. The van der Waals surface area contributed by atoms with Crippen LogP contribution in [0.25, 0.3) is 0 Å². The van der Waals surface area contributed by atoms with Crippen LogP contribution >= 0.6 is 23.2 Å². The summed E-state index contributed by atoms with van der Waals surface area (Å²) < 4.78 is 0. The summed E-state index contributed by atoms with van der Waals surface area (Å²) in [4.78, 5) is 15.5. The van der Waals surface area contributed by atoms with Gasteiger partial charge in [0.15, 0.2) is 0 Å². The highest BCUT2D eigenvalue weighted by Gasteiger charge is 2.07. The highest BCUT2D eigenvalue weighted by atomic mass is 35.5. The van der Waals surface area contributed by atoms with Gasteiger partial charge >= 0.3 is 0 Å². The predicted octanol–water partition coefficient (Wildman–Crippen LogP) is 2.87. The normalized spacial score (nSPS) is 12.2. The third-order valence-corrected chi connectivity index (χ3v) is 2.90. The van der Waals surface area contributed by atoms with Crippen LogP contribution in [-0.4, -0.2) is 22.8 Å². The number of hydrogen-bond donors (Lipinski definition) is 1. The van der Waals surface area contributed by atoms with Gasteiger partial charge in [0.2, 0.25) is 0 Å². The van der Waals surface area contributed by atoms with Gasteiger partial charge in [0.1, 0.15) is 5.69 Å². The van der Waals surface area contributed by atoms with Gasteiger partial charge in [0, 0.05) is 18.1 Å². The highest BCUT2D eigenvalue weighted by molar-refractivity contribution is 6.30.